The number of hydrogen-bond donors (Lipinski definition) is 8. The number of ether oxygens (including phenoxy) is 3. The Balaban J connectivity index is 1.14. The summed E-state index contributed by atoms with van der Waals surface area (Å²) in [5.41, 5.74) is 0.822. The van der Waals surface area contributed by atoms with Crippen LogP contribution in [0, 0.1) is 11.8 Å². The van der Waals surface area contributed by atoms with Crippen molar-refractivity contribution in [2.75, 3.05) is 52.7 Å². The van der Waals surface area contributed by atoms with Crippen LogP contribution in [0.15, 0.2) is 42.5 Å². The minimum atomic E-state index is -1.54. The number of benzene rings is 2. The average Bonchev–Trinajstić information content (AvgIpc) is 3.62. The van der Waals surface area contributed by atoms with E-state index in [0.717, 1.165) is 16.3 Å². The van der Waals surface area contributed by atoms with Crippen molar-refractivity contribution in [3.05, 3.63) is 48.0 Å². The highest BCUT2D eigenvalue weighted by Gasteiger charge is 2.33. The van der Waals surface area contributed by atoms with Crippen molar-refractivity contribution in [2.24, 2.45) is 11.8 Å². The molecule has 0 aromatic heterocycles. The summed E-state index contributed by atoms with van der Waals surface area (Å²) < 4.78 is 15.8. The van der Waals surface area contributed by atoms with E-state index in [1.54, 1.807) is 0 Å². The number of carbonyl (C=O) groups excluding carboxylic acids is 7. The summed E-state index contributed by atoms with van der Waals surface area (Å²) in [5.74, 6) is -7.41. The van der Waals surface area contributed by atoms with Gasteiger partial charge in [-0.1, -0.05) is 42.5 Å². The first-order valence-corrected chi connectivity index (χ1v) is 22.5. The van der Waals surface area contributed by atoms with Gasteiger partial charge in [-0.05, 0) is 73.6 Å². The molecule has 23 heteroatoms. The van der Waals surface area contributed by atoms with Gasteiger partial charge in [-0.25, -0.2) is 19.2 Å². The SMILES string of the molecule is O=C(O)CC[C@H](NC(=O)N[C@@H](CCCCNC(=O)[C@H](Cc1ccc2ccccc2c1)NC(=O)C1CCC(CNC(=O)COCCOCCOCC(=O)ON2C(=O)CCC2=O)CC1)C(=O)O)C(=O)O. The zero-order valence-electron chi connectivity index (χ0n) is 37.6. The van der Waals surface area contributed by atoms with E-state index in [-0.39, 0.29) is 95.3 Å². The maximum Gasteiger partial charge on any atom is 0.358 e. The van der Waals surface area contributed by atoms with E-state index >= 15 is 0 Å². The Morgan fingerprint density at radius 1 is 0.676 bits per heavy atom. The highest BCUT2D eigenvalue weighted by molar-refractivity contribution is 6.01. The number of urea groups is 1. The summed E-state index contributed by atoms with van der Waals surface area (Å²) in [4.78, 5) is 125. The number of hydroxylamine groups is 2. The standard InChI is InChI=1S/C45H60N6O17/c52-36(26-66-21-19-65-20-22-67-27-40(57)68-51-37(53)15-16-38(51)54)47-25-28-8-12-31(13-9-28)41(58)48-35(24-29-10-11-30-5-1-2-6-32(30)23-29)42(59)46-18-4-3-7-33(43(60)61)49-45(64)50-34(44(62)63)14-17-39(55)56/h1-2,5-6,10-11,23,28,31,33-35H,3-4,7-9,12-22,24-27H2,(H,46,59)(H,47,52)(H,48,58)(H,55,56)(H,60,61)(H,62,63)(H2,49,50,64)/t28?,31?,33-,34-,35-/m0/s1. The molecule has 7 amide bonds. The molecule has 2 aromatic rings. The fraction of sp³-hybridized carbons (Fsp3) is 0.556. The molecule has 1 saturated heterocycles. The monoisotopic (exact) mass is 956 g/mol. The topological polar surface area (TPSA) is 332 Å². The minimum absolute atomic E-state index is 0.00996. The van der Waals surface area contributed by atoms with Crippen molar-refractivity contribution >= 4 is 70.2 Å². The summed E-state index contributed by atoms with van der Waals surface area (Å²) in [6.45, 7) is 0.307. The van der Waals surface area contributed by atoms with Crippen LogP contribution in [0.3, 0.4) is 0 Å². The number of fused-ring (bicyclic) bond motifs is 1. The summed E-state index contributed by atoms with van der Waals surface area (Å²) in [7, 11) is 0. The summed E-state index contributed by atoms with van der Waals surface area (Å²) in [5, 5.41) is 43.1. The van der Waals surface area contributed by atoms with Crippen LogP contribution in [0.4, 0.5) is 4.79 Å². The Bertz CT molecular complexity index is 2080. The van der Waals surface area contributed by atoms with E-state index in [4.69, 9.17) is 24.2 Å². The molecule has 4 rings (SSSR count). The first-order valence-electron chi connectivity index (χ1n) is 22.5. The van der Waals surface area contributed by atoms with Gasteiger partial charge in [-0.3, -0.25) is 28.8 Å². The van der Waals surface area contributed by atoms with E-state index < -0.39 is 85.2 Å². The lowest BCUT2D eigenvalue weighted by Crippen LogP contribution is -2.51. The van der Waals surface area contributed by atoms with Crippen LogP contribution in [0.5, 0.6) is 0 Å². The maximum absolute atomic E-state index is 13.6. The van der Waals surface area contributed by atoms with Gasteiger partial charge in [0.05, 0.1) is 26.4 Å². The van der Waals surface area contributed by atoms with Crippen LogP contribution in [0.2, 0.25) is 0 Å². The molecule has 0 radical (unpaired) electrons. The number of carboxylic acid groups (broad SMARTS) is 3. The number of hydrogen-bond acceptors (Lipinski definition) is 14. The third-order valence-corrected chi connectivity index (χ3v) is 11.2. The van der Waals surface area contributed by atoms with Crippen molar-refractivity contribution in [1.29, 1.82) is 0 Å². The normalized spacial score (nSPS) is 17.1. The Kier molecular flexibility index (Phi) is 22.6. The number of carboxylic acids is 3. The van der Waals surface area contributed by atoms with E-state index in [1.807, 2.05) is 42.5 Å². The molecule has 1 saturated carbocycles. The number of carbonyl (C=O) groups is 10. The highest BCUT2D eigenvalue weighted by atomic mass is 16.7. The lowest BCUT2D eigenvalue weighted by atomic mass is 9.81. The number of nitrogens with one attached hydrogen (secondary N) is 5. The molecule has 0 unspecified atom stereocenters. The Hall–Kier alpha value is -6.72. The molecule has 2 aromatic carbocycles. The highest BCUT2D eigenvalue weighted by Crippen LogP contribution is 2.29. The fourth-order valence-electron chi connectivity index (χ4n) is 7.43. The number of amides is 7. The molecule has 372 valence electrons. The van der Waals surface area contributed by atoms with E-state index in [9.17, 15) is 58.2 Å². The molecule has 1 aliphatic carbocycles. The third-order valence-electron chi connectivity index (χ3n) is 11.2. The Labute approximate surface area is 391 Å². The maximum atomic E-state index is 13.6. The van der Waals surface area contributed by atoms with Crippen molar-refractivity contribution in [3.63, 3.8) is 0 Å². The predicted octanol–water partition coefficient (Wildman–Crippen LogP) is 0.804. The van der Waals surface area contributed by atoms with Crippen LogP contribution in [-0.2, 0) is 68.6 Å². The molecule has 0 spiro atoms. The van der Waals surface area contributed by atoms with Crippen LogP contribution >= 0.6 is 0 Å². The van der Waals surface area contributed by atoms with E-state index in [0.29, 0.717) is 43.7 Å². The lowest BCUT2D eigenvalue weighted by Gasteiger charge is -2.29. The zero-order chi connectivity index (χ0) is 49.4. The van der Waals surface area contributed by atoms with Gasteiger partial charge in [0, 0.05) is 44.7 Å². The number of nitrogens with zero attached hydrogens (tertiary/aromatic N) is 1. The largest absolute Gasteiger partial charge is 0.481 e. The molecular formula is C45H60N6O17. The molecule has 8 N–H and O–H groups in total. The molecule has 68 heavy (non-hydrogen) atoms. The first-order chi connectivity index (χ1) is 32.6. The quantitative estimate of drug-likeness (QED) is 0.0397. The molecular weight excluding hydrogens is 897 g/mol. The molecule has 2 fully saturated rings. The van der Waals surface area contributed by atoms with Gasteiger partial charge in [-0.15, -0.1) is 5.06 Å². The lowest BCUT2D eigenvalue weighted by molar-refractivity contribution is -0.200. The summed E-state index contributed by atoms with van der Waals surface area (Å²) in [6, 6.07) is 8.57. The van der Waals surface area contributed by atoms with Crippen LogP contribution < -0.4 is 26.6 Å². The predicted molar refractivity (Wildman–Crippen MR) is 236 cm³/mol. The van der Waals surface area contributed by atoms with Crippen molar-refractivity contribution in [1.82, 2.24) is 31.6 Å². The first kappa shape index (κ1) is 53.9. The number of aliphatic carboxylic acids is 3. The van der Waals surface area contributed by atoms with E-state index in [2.05, 4.69) is 26.6 Å². The van der Waals surface area contributed by atoms with Crippen LogP contribution in [0.1, 0.15) is 76.2 Å². The minimum Gasteiger partial charge on any atom is -0.481 e. The number of unbranched alkanes of at least 4 members (excludes halogenated alkanes) is 1. The van der Waals surface area contributed by atoms with Gasteiger partial charge in [0.25, 0.3) is 11.8 Å². The van der Waals surface area contributed by atoms with Crippen molar-refractivity contribution in [3.8, 4) is 0 Å². The van der Waals surface area contributed by atoms with Crippen molar-refractivity contribution in [2.45, 2.75) is 95.2 Å². The van der Waals surface area contributed by atoms with Gasteiger partial charge >= 0.3 is 29.9 Å². The smallest absolute Gasteiger partial charge is 0.358 e. The molecule has 1 aliphatic heterocycles. The number of imide groups is 1. The van der Waals surface area contributed by atoms with Gasteiger partial charge in [0.1, 0.15) is 31.3 Å². The molecule has 2 aliphatic rings. The van der Waals surface area contributed by atoms with Gasteiger partial charge < -0.3 is 61.0 Å². The zero-order valence-corrected chi connectivity index (χ0v) is 37.6. The number of rotatable bonds is 30. The second kappa shape index (κ2) is 28.5. The third kappa shape index (κ3) is 19.2. The Morgan fingerprint density at radius 2 is 1.29 bits per heavy atom. The van der Waals surface area contributed by atoms with Crippen molar-refractivity contribution < 1.29 is 82.3 Å². The van der Waals surface area contributed by atoms with Gasteiger partial charge in [0.2, 0.25) is 17.7 Å². The second-order valence-corrected chi connectivity index (χ2v) is 16.3. The van der Waals surface area contributed by atoms with E-state index in [1.165, 1.54) is 0 Å². The van der Waals surface area contributed by atoms with Crippen LogP contribution in [0.25, 0.3) is 10.8 Å². The molecule has 23 nitrogen and oxygen atoms in total. The van der Waals surface area contributed by atoms with Crippen LogP contribution in [-0.4, -0.2) is 151 Å². The summed E-state index contributed by atoms with van der Waals surface area (Å²) >= 11 is 0. The molecule has 1 heterocycles. The second-order valence-electron chi connectivity index (χ2n) is 16.3. The molecule has 3 atom stereocenters. The molecule has 0 bridgehead atoms. The summed E-state index contributed by atoms with van der Waals surface area (Å²) in [6.07, 6.45) is 2.17. The Morgan fingerprint density at radius 3 is 1.94 bits per heavy atom. The van der Waals surface area contributed by atoms with Gasteiger partial charge in [0.15, 0.2) is 0 Å². The van der Waals surface area contributed by atoms with Gasteiger partial charge in [-0.2, -0.15) is 0 Å². The fourth-order valence-corrected chi connectivity index (χ4v) is 7.43. The average molecular weight is 957 g/mol.